The number of carbonyl (C=O) groups is 1. The van der Waals surface area contributed by atoms with Crippen LogP contribution in [0.1, 0.15) is 24.6 Å². The first kappa shape index (κ1) is 20.3. The number of hydrogen-bond donors (Lipinski definition) is 1. The Labute approximate surface area is 169 Å². The van der Waals surface area contributed by atoms with Crippen LogP contribution >= 0.6 is 23.1 Å². The number of anilines is 1. The molecule has 0 radical (unpaired) electrons. The van der Waals surface area contributed by atoms with Crippen molar-refractivity contribution >= 4 is 45.2 Å². The minimum atomic E-state index is -0.430. The number of thiazole rings is 1. The zero-order chi connectivity index (χ0) is 20.4. The molecule has 148 valence electrons. The van der Waals surface area contributed by atoms with Gasteiger partial charge in [-0.05, 0) is 18.9 Å². The first-order chi connectivity index (χ1) is 13.3. The molecule has 0 unspecified atom stereocenters. The molecule has 0 fully saturated rings. The Balaban J connectivity index is 2.00. The summed E-state index contributed by atoms with van der Waals surface area (Å²) in [5, 5.41) is 5.56. The number of pyridine rings is 1. The van der Waals surface area contributed by atoms with Crippen molar-refractivity contribution in [3.05, 3.63) is 43.7 Å². The summed E-state index contributed by atoms with van der Waals surface area (Å²) >= 11 is 2.65. The van der Waals surface area contributed by atoms with E-state index in [1.165, 1.54) is 34.7 Å². The van der Waals surface area contributed by atoms with Crippen molar-refractivity contribution in [2.45, 2.75) is 31.6 Å². The Bertz CT molecular complexity index is 1160. The maximum Gasteiger partial charge on any atom is 0.332 e. The summed E-state index contributed by atoms with van der Waals surface area (Å²) in [6.45, 7) is 3.90. The second kappa shape index (κ2) is 8.27. The summed E-state index contributed by atoms with van der Waals surface area (Å²) in [5.74, 6) is -0.0751. The maximum atomic E-state index is 12.8. The molecule has 0 aliphatic carbocycles. The highest BCUT2D eigenvalue weighted by molar-refractivity contribution is 8.00. The lowest BCUT2D eigenvalue weighted by Crippen LogP contribution is -2.37. The zero-order valence-corrected chi connectivity index (χ0v) is 17.7. The van der Waals surface area contributed by atoms with Crippen LogP contribution in [0.4, 0.5) is 5.13 Å². The van der Waals surface area contributed by atoms with Gasteiger partial charge in [0.25, 0.3) is 5.56 Å². The van der Waals surface area contributed by atoms with Gasteiger partial charge in [-0.25, -0.2) is 14.8 Å². The van der Waals surface area contributed by atoms with Gasteiger partial charge in [0.2, 0.25) is 5.91 Å². The van der Waals surface area contributed by atoms with E-state index in [2.05, 4.69) is 15.3 Å². The number of fused-ring (bicyclic) bond motifs is 1. The number of carbonyl (C=O) groups excluding carboxylic acids is 1. The second-order valence-electron chi connectivity index (χ2n) is 6.40. The van der Waals surface area contributed by atoms with E-state index in [0.717, 1.165) is 28.7 Å². The number of rotatable bonds is 6. The van der Waals surface area contributed by atoms with Gasteiger partial charge < -0.3 is 5.32 Å². The number of nitrogens with one attached hydrogen (secondary N) is 1. The highest BCUT2D eigenvalue weighted by atomic mass is 32.2. The molecule has 3 heterocycles. The average molecular weight is 420 g/mol. The first-order valence-corrected chi connectivity index (χ1v) is 10.6. The Morgan fingerprint density at radius 3 is 2.68 bits per heavy atom. The van der Waals surface area contributed by atoms with Crippen LogP contribution < -0.4 is 16.6 Å². The van der Waals surface area contributed by atoms with E-state index in [-0.39, 0.29) is 11.7 Å². The molecule has 3 rings (SSSR count). The van der Waals surface area contributed by atoms with Gasteiger partial charge in [-0.1, -0.05) is 13.3 Å². The monoisotopic (exact) mass is 419 g/mol. The molecule has 3 aromatic rings. The van der Waals surface area contributed by atoms with E-state index in [0.29, 0.717) is 21.1 Å². The molecule has 0 bridgehead atoms. The van der Waals surface area contributed by atoms with E-state index in [1.807, 2.05) is 19.2 Å². The van der Waals surface area contributed by atoms with Crippen molar-refractivity contribution in [2.75, 3.05) is 11.1 Å². The molecule has 0 saturated carbocycles. The van der Waals surface area contributed by atoms with Crippen LogP contribution in [0.25, 0.3) is 11.0 Å². The Hall–Kier alpha value is -2.46. The van der Waals surface area contributed by atoms with Gasteiger partial charge in [0.1, 0.15) is 5.65 Å². The summed E-state index contributed by atoms with van der Waals surface area (Å²) in [5.41, 5.74) is 1.24. The summed E-state index contributed by atoms with van der Waals surface area (Å²) in [4.78, 5) is 46.6. The number of hydrogen-bond acceptors (Lipinski definition) is 7. The van der Waals surface area contributed by atoms with Crippen molar-refractivity contribution < 1.29 is 4.79 Å². The standard InChI is InChI=1S/C18H21N5O3S2/c1-5-6-11-7-19-15-13(16(25)23(4)18(26)22(15)3)14(11)27-9-12(24)21-17-20-10(2)8-28-17/h7-8H,5-6,9H2,1-4H3,(H,20,21,24). The lowest BCUT2D eigenvalue weighted by atomic mass is 10.1. The zero-order valence-electron chi connectivity index (χ0n) is 16.1. The van der Waals surface area contributed by atoms with Gasteiger partial charge in [-0.3, -0.25) is 18.7 Å². The first-order valence-electron chi connectivity index (χ1n) is 8.75. The molecule has 10 heteroatoms. The Kier molecular flexibility index (Phi) is 5.99. The smallest absolute Gasteiger partial charge is 0.301 e. The minimum Gasteiger partial charge on any atom is -0.301 e. The number of amides is 1. The van der Waals surface area contributed by atoms with E-state index in [1.54, 1.807) is 13.2 Å². The van der Waals surface area contributed by atoms with Gasteiger partial charge in [-0.2, -0.15) is 0 Å². The third kappa shape index (κ3) is 3.88. The lowest BCUT2D eigenvalue weighted by Gasteiger charge is -2.14. The van der Waals surface area contributed by atoms with Crippen LogP contribution in [0.5, 0.6) is 0 Å². The molecule has 1 amide bonds. The number of aryl methyl sites for hydroxylation is 3. The summed E-state index contributed by atoms with van der Waals surface area (Å²) in [6, 6.07) is 0. The van der Waals surface area contributed by atoms with Crippen molar-refractivity contribution in [3.63, 3.8) is 0 Å². The predicted molar refractivity (Wildman–Crippen MR) is 112 cm³/mol. The molecule has 0 aliphatic rings. The van der Waals surface area contributed by atoms with Crippen LogP contribution in [0.3, 0.4) is 0 Å². The van der Waals surface area contributed by atoms with E-state index in [9.17, 15) is 14.4 Å². The molecular weight excluding hydrogens is 398 g/mol. The number of thioether (sulfide) groups is 1. The van der Waals surface area contributed by atoms with Gasteiger partial charge in [0, 0.05) is 30.6 Å². The minimum absolute atomic E-state index is 0.125. The van der Waals surface area contributed by atoms with Gasteiger partial charge >= 0.3 is 5.69 Å². The predicted octanol–water partition coefficient (Wildman–Crippen LogP) is 2.08. The van der Waals surface area contributed by atoms with Crippen LogP contribution in [0, 0.1) is 6.92 Å². The van der Waals surface area contributed by atoms with Crippen molar-refractivity contribution in [1.29, 1.82) is 0 Å². The quantitative estimate of drug-likeness (QED) is 0.614. The number of aromatic nitrogens is 4. The van der Waals surface area contributed by atoms with Crippen molar-refractivity contribution in [3.8, 4) is 0 Å². The fourth-order valence-electron chi connectivity index (χ4n) is 2.86. The Morgan fingerprint density at radius 1 is 1.29 bits per heavy atom. The molecule has 0 spiro atoms. The highest BCUT2D eigenvalue weighted by Crippen LogP contribution is 2.29. The normalized spacial score (nSPS) is 11.1. The van der Waals surface area contributed by atoms with E-state index in [4.69, 9.17) is 0 Å². The molecule has 0 aromatic carbocycles. The molecular formula is C18H21N5O3S2. The van der Waals surface area contributed by atoms with Gasteiger partial charge in [0.05, 0.1) is 16.8 Å². The average Bonchev–Trinajstić information content (AvgIpc) is 3.08. The van der Waals surface area contributed by atoms with Crippen LogP contribution in [0.15, 0.2) is 26.1 Å². The third-order valence-corrected chi connectivity index (χ3v) is 6.26. The molecule has 0 aliphatic heterocycles. The molecule has 8 nitrogen and oxygen atoms in total. The highest BCUT2D eigenvalue weighted by Gasteiger charge is 2.18. The molecule has 28 heavy (non-hydrogen) atoms. The van der Waals surface area contributed by atoms with E-state index < -0.39 is 11.2 Å². The maximum absolute atomic E-state index is 12.8. The molecule has 0 atom stereocenters. The number of nitrogens with zero attached hydrogens (tertiary/aromatic N) is 4. The molecule has 0 saturated heterocycles. The molecule has 3 aromatic heterocycles. The van der Waals surface area contributed by atoms with E-state index >= 15 is 0 Å². The third-order valence-electron chi connectivity index (χ3n) is 4.23. The SMILES string of the molecule is CCCc1cnc2c(c1SCC(=O)Nc1nc(C)cs1)c(=O)n(C)c(=O)n2C. The lowest BCUT2D eigenvalue weighted by molar-refractivity contribution is -0.113. The fourth-order valence-corrected chi connectivity index (χ4v) is 4.57. The summed E-state index contributed by atoms with van der Waals surface area (Å²) < 4.78 is 2.43. The van der Waals surface area contributed by atoms with Gasteiger partial charge in [0.15, 0.2) is 5.13 Å². The summed E-state index contributed by atoms with van der Waals surface area (Å²) in [6.07, 6.45) is 3.29. The van der Waals surface area contributed by atoms with Crippen LogP contribution in [0.2, 0.25) is 0 Å². The van der Waals surface area contributed by atoms with Crippen molar-refractivity contribution in [1.82, 2.24) is 19.1 Å². The second-order valence-corrected chi connectivity index (χ2v) is 8.24. The van der Waals surface area contributed by atoms with Gasteiger partial charge in [-0.15, -0.1) is 23.1 Å². The van der Waals surface area contributed by atoms with Crippen LogP contribution in [-0.2, 0) is 25.3 Å². The topological polar surface area (TPSA) is 98.9 Å². The van der Waals surface area contributed by atoms with Crippen LogP contribution in [-0.4, -0.2) is 30.8 Å². The summed E-state index contributed by atoms with van der Waals surface area (Å²) in [7, 11) is 3.03. The Morgan fingerprint density at radius 2 is 2.04 bits per heavy atom. The largest absolute Gasteiger partial charge is 0.332 e. The fraction of sp³-hybridized carbons (Fsp3) is 0.389. The van der Waals surface area contributed by atoms with Crippen molar-refractivity contribution in [2.24, 2.45) is 14.1 Å². The molecule has 1 N–H and O–H groups in total.